The van der Waals surface area contributed by atoms with Crippen LogP contribution >= 0.6 is 0 Å². The Bertz CT molecular complexity index is 285. The van der Waals surface area contributed by atoms with Crippen LogP contribution in [0.25, 0.3) is 0 Å². The quantitative estimate of drug-likeness (QED) is 0.819. The van der Waals surface area contributed by atoms with Crippen molar-refractivity contribution in [2.75, 3.05) is 32.7 Å². The van der Waals surface area contributed by atoms with Gasteiger partial charge in [0.25, 0.3) is 0 Å². The van der Waals surface area contributed by atoms with Crippen LogP contribution in [-0.2, 0) is 4.79 Å². The summed E-state index contributed by atoms with van der Waals surface area (Å²) in [5, 5.41) is 3.33. The van der Waals surface area contributed by atoms with E-state index in [4.69, 9.17) is 0 Å². The normalized spacial score (nSPS) is 26.9. The van der Waals surface area contributed by atoms with E-state index in [1.54, 1.807) is 0 Å². The summed E-state index contributed by atoms with van der Waals surface area (Å²) >= 11 is 0. The molecule has 2 heterocycles. The maximum Gasteiger partial charge on any atom is 0.239 e. The lowest BCUT2D eigenvalue weighted by molar-refractivity contribution is -0.139. The highest BCUT2D eigenvalue weighted by molar-refractivity contribution is 5.82. The van der Waals surface area contributed by atoms with E-state index >= 15 is 0 Å². The first-order valence-electron chi connectivity index (χ1n) is 8.02. The number of likely N-dealkylation sites (tertiary alicyclic amines) is 2. The number of rotatable bonds is 5. The third kappa shape index (κ3) is 3.69. The van der Waals surface area contributed by atoms with Crippen molar-refractivity contribution in [3.63, 3.8) is 0 Å². The van der Waals surface area contributed by atoms with Gasteiger partial charge in [0.05, 0.1) is 6.04 Å². The molecule has 0 aromatic rings. The highest BCUT2D eigenvalue weighted by Gasteiger charge is 2.33. The third-order valence-corrected chi connectivity index (χ3v) is 4.46. The van der Waals surface area contributed by atoms with Gasteiger partial charge in [0.2, 0.25) is 5.91 Å². The average Bonchev–Trinajstić information content (AvgIpc) is 2.43. The second-order valence-corrected chi connectivity index (χ2v) is 5.86. The number of carbonyl (C=O) groups excluding carboxylic acids is 1. The predicted octanol–water partition coefficient (Wildman–Crippen LogP) is 1.46. The molecule has 19 heavy (non-hydrogen) atoms. The van der Waals surface area contributed by atoms with Crippen LogP contribution in [0, 0.1) is 0 Å². The summed E-state index contributed by atoms with van der Waals surface area (Å²) in [7, 11) is 0. The molecule has 2 rings (SSSR count). The van der Waals surface area contributed by atoms with Gasteiger partial charge >= 0.3 is 0 Å². The van der Waals surface area contributed by atoms with E-state index in [9.17, 15) is 4.79 Å². The number of nitrogens with zero attached hydrogens (tertiary/aromatic N) is 2. The summed E-state index contributed by atoms with van der Waals surface area (Å²) in [6.07, 6.45) is 5.71. The summed E-state index contributed by atoms with van der Waals surface area (Å²) < 4.78 is 0. The summed E-state index contributed by atoms with van der Waals surface area (Å²) in [5.41, 5.74) is 0. The van der Waals surface area contributed by atoms with Crippen molar-refractivity contribution in [1.82, 2.24) is 15.1 Å². The van der Waals surface area contributed by atoms with Gasteiger partial charge in [-0.05, 0) is 45.2 Å². The van der Waals surface area contributed by atoms with Gasteiger partial charge in [-0.3, -0.25) is 4.79 Å². The molecule has 4 heteroatoms. The van der Waals surface area contributed by atoms with Crippen molar-refractivity contribution in [1.29, 1.82) is 0 Å². The van der Waals surface area contributed by atoms with E-state index in [-0.39, 0.29) is 6.04 Å². The van der Waals surface area contributed by atoms with Crippen LogP contribution in [0.5, 0.6) is 0 Å². The molecule has 0 radical (unpaired) electrons. The standard InChI is InChI=1S/C15H29N3O/c1-3-9-17-11-7-13(8-12-17)18-10-5-6-14(15(18)19)16-4-2/h13-14,16H,3-12H2,1-2H3. The number of nitrogens with one attached hydrogen (secondary N) is 1. The molecule has 0 aromatic carbocycles. The summed E-state index contributed by atoms with van der Waals surface area (Å²) in [4.78, 5) is 17.2. The molecule has 1 N–H and O–H groups in total. The van der Waals surface area contributed by atoms with Crippen molar-refractivity contribution in [2.45, 2.75) is 58.0 Å². The van der Waals surface area contributed by atoms with Crippen LogP contribution < -0.4 is 5.32 Å². The Labute approximate surface area is 117 Å². The zero-order valence-corrected chi connectivity index (χ0v) is 12.5. The van der Waals surface area contributed by atoms with Gasteiger partial charge in [-0.1, -0.05) is 13.8 Å². The number of likely N-dealkylation sites (N-methyl/N-ethyl adjacent to an activating group) is 1. The Balaban J connectivity index is 1.86. The van der Waals surface area contributed by atoms with E-state index in [1.807, 2.05) is 0 Å². The van der Waals surface area contributed by atoms with Crippen LogP contribution in [0.15, 0.2) is 0 Å². The van der Waals surface area contributed by atoms with Crippen molar-refractivity contribution >= 4 is 5.91 Å². The Morgan fingerprint density at radius 2 is 1.89 bits per heavy atom. The Hall–Kier alpha value is -0.610. The van der Waals surface area contributed by atoms with Gasteiger partial charge in [-0.15, -0.1) is 0 Å². The van der Waals surface area contributed by atoms with E-state index in [0.29, 0.717) is 11.9 Å². The van der Waals surface area contributed by atoms with Crippen LogP contribution in [0.2, 0.25) is 0 Å². The second kappa shape index (κ2) is 7.25. The largest absolute Gasteiger partial charge is 0.338 e. The second-order valence-electron chi connectivity index (χ2n) is 5.86. The lowest BCUT2D eigenvalue weighted by Gasteiger charge is -2.42. The molecular formula is C15H29N3O. The van der Waals surface area contributed by atoms with Gasteiger partial charge in [-0.2, -0.15) is 0 Å². The van der Waals surface area contributed by atoms with E-state index in [1.165, 1.54) is 13.0 Å². The lowest BCUT2D eigenvalue weighted by Crippen LogP contribution is -2.56. The first kappa shape index (κ1) is 14.8. The van der Waals surface area contributed by atoms with E-state index in [0.717, 1.165) is 51.9 Å². The zero-order chi connectivity index (χ0) is 13.7. The predicted molar refractivity (Wildman–Crippen MR) is 78.2 cm³/mol. The van der Waals surface area contributed by atoms with Crippen molar-refractivity contribution < 1.29 is 4.79 Å². The first-order valence-corrected chi connectivity index (χ1v) is 8.02. The monoisotopic (exact) mass is 267 g/mol. The molecule has 0 aliphatic carbocycles. The van der Waals surface area contributed by atoms with Crippen molar-refractivity contribution in [3.8, 4) is 0 Å². The van der Waals surface area contributed by atoms with Gasteiger partial charge in [0, 0.05) is 25.7 Å². The SMILES string of the molecule is CCCN1CCC(N2CCCC(NCC)C2=O)CC1. The van der Waals surface area contributed by atoms with Crippen molar-refractivity contribution in [2.24, 2.45) is 0 Å². The minimum Gasteiger partial charge on any atom is -0.338 e. The van der Waals surface area contributed by atoms with Gasteiger partial charge in [-0.25, -0.2) is 0 Å². The summed E-state index contributed by atoms with van der Waals surface area (Å²) in [6, 6.07) is 0.564. The molecule has 110 valence electrons. The molecular weight excluding hydrogens is 238 g/mol. The Morgan fingerprint density at radius 1 is 1.16 bits per heavy atom. The van der Waals surface area contributed by atoms with Crippen LogP contribution in [-0.4, -0.2) is 60.5 Å². The maximum atomic E-state index is 12.5. The average molecular weight is 267 g/mol. The number of carbonyl (C=O) groups is 1. The number of piperidine rings is 2. The molecule has 0 aromatic heterocycles. The molecule has 0 saturated carbocycles. The Kier molecular flexibility index (Phi) is 5.64. The van der Waals surface area contributed by atoms with Gasteiger partial charge in [0.1, 0.15) is 0 Å². The fourth-order valence-corrected chi connectivity index (χ4v) is 3.47. The Morgan fingerprint density at radius 3 is 2.53 bits per heavy atom. The van der Waals surface area contributed by atoms with Crippen LogP contribution in [0.3, 0.4) is 0 Å². The molecule has 2 saturated heterocycles. The van der Waals surface area contributed by atoms with E-state index in [2.05, 4.69) is 29.0 Å². The topological polar surface area (TPSA) is 35.6 Å². The zero-order valence-electron chi connectivity index (χ0n) is 12.5. The summed E-state index contributed by atoms with van der Waals surface area (Å²) in [5.74, 6) is 0.349. The van der Waals surface area contributed by atoms with Gasteiger partial charge in [0.15, 0.2) is 0 Å². The molecule has 0 bridgehead atoms. The highest BCUT2D eigenvalue weighted by Crippen LogP contribution is 2.22. The minimum atomic E-state index is 0.0763. The first-order chi connectivity index (χ1) is 9.26. The minimum absolute atomic E-state index is 0.0763. The van der Waals surface area contributed by atoms with Gasteiger partial charge < -0.3 is 15.1 Å². The molecule has 4 nitrogen and oxygen atoms in total. The fraction of sp³-hybridized carbons (Fsp3) is 0.933. The molecule has 1 atom stereocenters. The molecule has 1 amide bonds. The molecule has 0 spiro atoms. The maximum absolute atomic E-state index is 12.5. The fourth-order valence-electron chi connectivity index (χ4n) is 3.47. The highest BCUT2D eigenvalue weighted by atomic mass is 16.2. The van der Waals surface area contributed by atoms with E-state index < -0.39 is 0 Å². The molecule has 2 fully saturated rings. The number of hydrogen-bond acceptors (Lipinski definition) is 3. The molecule has 2 aliphatic heterocycles. The van der Waals surface area contributed by atoms with Crippen LogP contribution in [0.1, 0.15) is 46.0 Å². The number of amides is 1. The number of hydrogen-bond donors (Lipinski definition) is 1. The van der Waals surface area contributed by atoms with Crippen molar-refractivity contribution in [3.05, 3.63) is 0 Å². The van der Waals surface area contributed by atoms with Crippen LogP contribution in [0.4, 0.5) is 0 Å². The third-order valence-electron chi connectivity index (χ3n) is 4.46. The smallest absolute Gasteiger partial charge is 0.239 e. The molecule has 2 aliphatic rings. The lowest BCUT2D eigenvalue weighted by atomic mass is 9.97. The molecule has 1 unspecified atom stereocenters. The summed E-state index contributed by atoms with van der Waals surface area (Å²) in [6.45, 7) is 9.71.